The van der Waals surface area contributed by atoms with Crippen LogP contribution in [-0.4, -0.2) is 36.0 Å². The molecule has 1 heterocycles. The fraction of sp³-hybridized carbons (Fsp3) is 0.250. The van der Waals surface area contributed by atoms with Gasteiger partial charge in [-0.15, -0.1) is 6.58 Å². The van der Waals surface area contributed by atoms with Gasteiger partial charge in [-0.25, -0.2) is 0 Å². The largest absolute Gasteiger partial charge is 0.494 e. The average Bonchev–Trinajstić information content (AvgIpc) is 2.95. The van der Waals surface area contributed by atoms with E-state index in [0.717, 1.165) is 5.75 Å². The van der Waals surface area contributed by atoms with Gasteiger partial charge in [0.05, 0.1) is 18.3 Å². The fourth-order valence-corrected chi connectivity index (χ4v) is 3.17. The van der Waals surface area contributed by atoms with Gasteiger partial charge in [0.15, 0.2) is 0 Å². The zero-order valence-corrected chi connectivity index (χ0v) is 17.5. The van der Waals surface area contributed by atoms with Gasteiger partial charge in [-0.05, 0) is 62.7 Å². The topological polar surface area (TPSA) is 67.9 Å². The second-order valence-corrected chi connectivity index (χ2v) is 7.03. The molecule has 0 saturated carbocycles. The molecule has 0 bridgehead atoms. The molecule has 0 aliphatic carbocycles. The molecule has 1 aliphatic rings. The van der Waals surface area contributed by atoms with Crippen LogP contribution in [0.5, 0.6) is 11.5 Å². The van der Waals surface area contributed by atoms with E-state index < -0.39 is 0 Å². The van der Waals surface area contributed by atoms with Gasteiger partial charge in [0.1, 0.15) is 17.2 Å². The van der Waals surface area contributed by atoms with Gasteiger partial charge in [-0.2, -0.15) is 0 Å². The number of anilines is 1. The number of rotatable bonds is 9. The van der Waals surface area contributed by atoms with E-state index in [1.165, 1.54) is 11.0 Å². The molecule has 2 aromatic rings. The number of nitrogens with zero attached hydrogens (tertiary/aromatic N) is 1. The second-order valence-electron chi connectivity index (χ2n) is 7.03. The number of hydrogen-bond donors (Lipinski definition) is 1. The van der Waals surface area contributed by atoms with Crippen molar-refractivity contribution in [3.05, 3.63) is 72.4 Å². The Morgan fingerprint density at radius 2 is 1.63 bits per heavy atom. The van der Waals surface area contributed by atoms with E-state index >= 15 is 0 Å². The number of nitrogens with one attached hydrogen (secondary N) is 1. The van der Waals surface area contributed by atoms with Gasteiger partial charge in [0, 0.05) is 12.2 Å². The van der Waals surface area contributed by atoms with E-state index in [4.69, 9.17) is 9.47 Å². The van der Waals surface area contributed by atoms with Crippen molar-refractivity contribution in [1.29, 1.82) is 0 Å². The zero-order valence-electron chi connectivity index (χ0n) is 17.5. The Balaban J connectivity index is 1.95. The van der Waals surface area contributed by atoms with Gasteiger partial charge in [0.2, 0.25) is 0 Å². The second kappa shape index (κ2) is 9.31. The summed E-state index contributed by atoms with van der Waals surface area (Å²) in [5, 5.41) is 3.12. The molecule has 0 aromatic heterocycles. The van der Waals surface area contributed by atoms with Gasteiger partial charge < -0.3 is 14.8 Å². The van der Waals surface area contributed by atoms with Crippen LogP contribution in [-0.2, 0) is 9.59 Å². The number of amides is 2. The van der Waals surface area contributed by atoms with Gasteiger partial charge in [0.25, 0.3) is 11.8 Å². The molecule has 30 heavy (non-hydrogen) atoms. The van der Waals surface area contributed by atoms with E-state index in [2.05, 4.69) is 11.9 Å². The predicted octanol–water partition coefficient (Wildman–Crippen LogP) is 4.25. The maximum Gasteiger partial charge on any atom is 0.278 e. The Morgan fingerprint density at radius 1 is 1.00 bits per heavy atom. The van der Waals surface area contributed by atoms with E-state index in [1.54, 1.807) is 24.3 Å². The summed E-state index contributed by atoms with van der Waals surface area (Å²) in [7, 11) is 0. The molecule has 0 unspecified atom stereocenters. The van der Waals surface area contributed by atoms with Crippen LogP contribution < -0.4 is 14.8 Å². The van der Waals surface area contributed by atoms with E-state index in [9.17, 15) is 9.59 Å². The number of hydrogen-bond acceptors (Lipinski definition) is 5. The Bertz CT molecular complexity index is 960. The summed E-state index contributed by atoms with van der Waals surface area (Å²) < 4.78 is 11.1. The lowest BCUT2D eigenvalue weighted by Crippen LogP contribution is -2.32. The molecule has 0 spiro atoms. The third-order valence-corrected chi connectivity index (χ3v) is 4.43. The SMILES string of the molecule is C=CCN1C(=O)C(Nc2ccc(OC(C)C)cc2)=C(c2ccc(OCC)cc2)C1=O. The highest BCUT2D eigenvalue weighted by atomic mass is 16.5. The van der Waals surface area contributed by atoms with Crippen LogP contribution in [0.2, 0.25) is 0 Å². The highest BCUT2D eigenvalue weighted by molar-refractivity contribution is 6.36. The number of benzene rings is 2. The smallest absolute Gasteiger partial charge is 0.278 e. The molecule has 0 atom stereocenters. The van der Waals surface area contributed by atoms with Crippen LogP contribution in [0.25, 0.3) is 5.57 Å². The van der Waals surface area contributed by atoms with Crippen LogP contribution in [0.4, 0.5) is 5.69 Å². The molecule has 6 nitrogen and oxygen atoms in total. The highest BCUT2D eigenvalue weighted by Gasteiger charge is 2.38. The maximum atomic E-state index is 13.0. The normalized spacial score (nSPS) is 13.8. The number of carbonyl (C=O) groups excluding carboxylic acids is 2. The first kappa shape index (κ1) is 21.2. The lowest BCUT2D eigenvalue weighted by molar-refractivity contribution is -0.136. The molecule has 0 saturated heterocycles. The minimum Gasteiger partial charge on any atom is -0.494 e. The van der Waals surface area contributed by atoms with Crippen molar-refractivity contribution in [3.63, 3.8) is 0 Å². The van der Waals surface area contributed by atoms with Gasteiger partial charge in [-0.3, -0.25) is 14.5 Å². The van der Waals surface area contributed by atoms with Crippen molar-refractivity contribution in [2.24, 2.45) is 0 Å². The van der Waals surface area contributed by atoms with Crippen LogP contribution >= 0.6 is 0 Å². The van der Waals surface area contributed by atoms with Crippen molar-refractivity contribution >= 4 is 23.1 Å². The molecule has 2 amide bonds. The van der Waals surface area contributed by atoms with Crippen LogP contribution in [0.1, 0.15) is 26.3 Å². The standard InChI is InChI=1S/C24H26N2O4/c1-5-15-26-23(27)21(17-7-11-19(12-8-17)29-6-2)22(24(26)28)25-18-9-13-20(14-10-18)30-16(3)4/h5,7-14,16,25H,1,6,15H2,2-4H3. The molecular weight excluding hydrogens is 380 g/mol. The molecular formula is C24H26N2O4. The predicted molar refractivity (Wildman–Crippen MR) is 117 cm³/mol. The highest BCUT2D eigenvalue weighted by Crippen LogP contribution is 2.31. The molecule has 2 aromatic carbocycles. The summed E-state index contributed by atoms with van der Waals surface area (Å²) in [4.78, 5) is 27.1. The molecule has 1 N–H and O–H groups in total. The Labute approximate surface area is 176 Å². The molecule has 0 radical (unpaired) electrons. The number of ether oxygens (including phenoxy) is 2. The lowest BCUT2D eigenvalue weighted by atomic mass is 10.0. The molecule has 156 valence electrons. The number of carbonyl (C=O) groups is 2. The van der Waals surface area contributed by atoms with Crippen LogP contribution in [0.15, 0.2) is 66.9 Å². The zero-order chi connectivity index (χ0) is 21.7. The Hall–Kier alpha value is -3.54. The average molecular weight is 406 g/mol. The summed E-state index contributed by atoms with van der Waals surface area (Å²) in [6.45, 7) is 10.2. The minimum absolute atomic E-state index is 0.0688. The third-order valence-electron chi connectivity index (χ3n) is 4.43. The van der Waals surface area contributed by atoms with Crippen molar-refractivity contribution in [3.8, 4) is 11.5 Å². The Kier molecular flexibility index (Phi) is 6.57. The van der Waals surface area contributed by atoms with Crippen molar-refractivity contribution in [2.75, 3.05) is 18.5 Å². The first-order chi connectivity index (χ1) is 14.4. The fourth-order valence-electron chi connectivity index (χ4n) is 3.17. The summed E-state index contributed by atoms with van der Waals surface area (Å²) >= 11 is 0. The van der Waals surface area contributed by atoms with Gasteiger partial charge >= 0.3 is 0 Å². The first-order valence-corrected chi connectivity index (χ1v) is 9.93. The summed E-state index contributed by atoms with van der Waals surface area (Å²) in [5.74, 6) is 0.702. The molecule has 3 rings (SSSR count). The molecule has 0 fully saturated rings. The summed E-state index contributed by atoms with van der Waals surface area (Å²) in [6, 6.07) is 14.4. The lowest BCUT2D eigenvalue weighted by Gasteiger charge is -2.13. The van der Waals surface area contributed by atoms with E-state index in [-0.39, 0.29) is 30.2 Å². The maximum absolute atomic E-state index is 13.0. The van der Waals surface area contributed by atoms with Crippen LogP contribution in [0.3, 0.4) is 0 Å². The summed E-state index contributed by atoms with van der Waals surface area (Å²) in [6.07, 6.45) is 1.60. The minimum atomic E-state index is -0.383. The monoisotopic (exact) mass is 406 g/mol. The molecule has 1 aliphatic heterocycles. The first-order valence-electron chi connectivity index (χ1n) is 9.93. The van der Waals surface area contributed by atoms with Crippen molar-refractivity contribution in [1.82, 2.24) is 4.90 Å². The Morgan fingerprint density at radius 3 is 2.20 bits per heavy atom. The van der Waals surface area contributed by atoms with Crippen LogP contribution in [0, 0.1) is 0 Å². The number of imide groups is 1. The van der Waals surface area contributed by atoms with Gasteiger partial charge in [-0.1, -0.05) is 18.2 Å². The van der Waals surface area contributed by atoms with Crippen molar-refractivity contribution < 1.29 is 19.1 Å². The third kappa shape index (κ3) is 4.54. The summed E-state index contributed by atoms with van der Waals surface area (Å²) in [5.41, 5.74) is 1.90. The quantitative estimate of drug-likeness (QED) is 0.498. The van der Waals surface area contributed by atoms with E-state index in [0.29, 0.717) is 29.2 Å². The molecule has 6 heteroatoms. The van der Waals surface area contributed by atoms with Crippen molar-refractivity contribution in [2.45, 2.75) is 26.9 Å². The van der Waals surface area contributed by atoms with E-state index in [1.807, 2.05) is 45.0 Å².